The molecule has 1 amide bonds. The van der Waals surface area contributed by atoms with E-state index in [2.05, 4.69) is 10.2 Å². The number of halogens is 1. The Bertz CT molecular complexity index is 723. The summed E-state index contributed by atoms with van der Waals surface area (Å²) >= 11 is 0. The molecule has 126 valence electrons. The van der Waals surface area contributed by atoms with Crippen molar-refractivity contribution in [2.24, 2.45) is 0 Å². The maximum absolute atomic E-state index is 13.7. The van der Waals surface area contributed by atoms with E-state index in [4.69, 9.17) is 0 Å². The van der Waals surface area contributed by atoms with E-state index in [1.165, 1.54) is 18.6 Å². The topological polar surface area (TPSA) is 32.3 Å². The summed E-state index contributed by atoms with van der Waals surface area (Å²) in [5, 5.41) is 2.90. The molecule has 1 aliphatic rings. The van der Waals surface area contributed by atoms with E-state index in [1.54, 1.807) is 6.07 Å². The Kier molecular flexibility index (Phi) is 5.14. The van der Waals surface area contributed by atoms with Gasteiger partial charge in [-0.3, -0.25) is 4.79 Å². The van der Waals surface area contributed by atoms with Crippen LogP contribution in [0.25, 0.3) is 0 Å². The van der Waals surface area contributed by atoms with E-state index in [0.29, 0.717) is 5.69 Å². The van der Waals surface area contributed by atoms with Gasteiger partial charge < -0.3 is 10.2 Å². The molecule has 1 aliphatic heterocycles. The number of rotatable bonds is 4. The number of hydrogen-bond donors (Lipinski definition) is 1. The molecule has 0 bridgehead atoms. The Balaban J connectivity index is 1.75. The van der Waals surface area contributed by atoms with Gasteiger partial charge in [-0.25, -0.2) is 4.39 Å². The molecule has 3 nitrogen and oxygen atoms in total. The van der Waals surface area contributed by atoms with Crippen molar-refractivity contribution < 1.29 is 9.18 Å². The number of nitrogens with one attached hydrogen (secondary N) is 1. The first-order valence-electron chi connectivity index (χ1n) is 8.52. The Morgan fingerprint density at radius 1 is 1.12 bits per heavy atom. The highest BCUT2D eigenvalue weighted by Gasteiger charge is 2.16. The zero-order valence-electron chi connectivity index (χ0n) is 14.0. The van der Waals surface area contributed by atoms with Crippen molar-refractivity contribution in [1.82, 2.24) is 0 Å². The summed E-state index contributed by atoms with van der Waals surface area (Å²) in [4.78, 5) is 14.6. The van der Waals surface area contributed by atoms with Gasteiger partial charge in [-0.1, -0.05) is 29.8 Å². The minimum atomic E-state index is -0.332. The number of amides is 1. The second-order valence-corrected chi connectivity index (χ2v) is 6.42. The molecule has 1 saturated heterocycles. The van der Waals surface area contributed by atoms with Gasteiger partial charge in [-0.05, 0) is 49.9 Å². The van der Waals surface area contributed by atoms with Crippen molar-refractivity contribution in [2.45, 2.75) is 32.6 Å². The van der Waals surface area contributed by atoms with E-state index >= 15 is 0 Å². The molecule has 1 heterocycles. The van der Waals surface area contributed by atoms with Crippen LogP contribution in [0.3, 0.4) is 0 Å². The van der Waals surface area contributed by atoms with Gasteiger partial charge in [-0.15, -0.1) is 0 Å². The fraction of sp³-hybridized carbons (Fsp3) is 0.350. The molecule has 24 heavy (non-hydrogen) atoms. The standard InChI is InChI=1S/C20H23FN2O/c1-15-6-5-7-16(12-15)13-20(24)22-18-14-17(21)8-9-19(18)23-10-3-2-4-11-23/h5-9,12,14H,2-4,10-11,13H2,1H3,(H,22,24). The van der Waals surface area contributed by atoms with Crippen LogP contribution in [0.2, 0.25) is 0 Å². The second kappa shape index (κ2) is 7.47. The first kappa shape index (κ1) is 16.5. The molecule has 0 unspecified atom stereocenters. The van der Waals surface area contributed by atoms with E-state index in [0.717, 1.165) is 42.7 Å². The molecule has 1 fully saturated rings. The van der Waals surface area contributed by atoms with Crippen LogP contribution >= 0.6 is 0 Å². The SMILES string of the molecule is Cc1cccc(CC(=O)Nc2cc(F)ccc2N2CCCCC2)c1. The van der Waals surface area contributed by atoms with Gasteiger partial charge in [0, 0.05) is 13.1 Å². The van der Waals surface area contributed by atoms with Crippen LogP contribution in [-0.2, 0) is 11.2 Å². The molecule has 1 N–H and O–H groups in total. The van der Waals surface area contributed by atoms with Crippen molar-refractivity contribution in [3.63, 3.8) is 0 Å². The highest BCUT2D eigenvalue weighted by molar-refractivity contribution is 5.95. The highest BCUT2D eigenvalue weighted by atomic mass is 19.1. The molecule has 0 aliphatic carbocycles. The molecular formula is C20H23FN2O. The molecule has 2 aromatic rings. The van der Waals surface area contributed by atoms with Crippen LogP contribution in [0.15, 0.2) is 42.5 Å². The lowest BCUT2D eigenvalue weighted by Gasteiger charge is -2.30. The molecule has 0 aromatic heterocycles. The lowest BCUT2D eigenvalue weighted by Crippen LogP contribution is -2.30. The Morgan fingerprint density at radius 2 is 1.92 bits per heavy atom. The van der Waals surface area contributed by atoms with Crippen LogP contribution in [0.1, 0.15) is 30.4 Å². The number of nitrogens with zero attached hydrogens (tertiary/aromatic N) is 1. The summed E-state index contributed by atoms with van der Waals surface area (Å²) in [6, 6.07) is 12.5. The number of hydrogen-bond acceptors (Lipinski definition) is 2. The maximum Gasteiger partial charge on any atom is 0.228 e. The Morgan fingerprint density at radius 3 is 2.67 bits per heavy atom. The molecule has 4 heteroatoms. The largest absolute Gasteiger partial charge is 0.370 e. The number of carbonyl (C=O) groups excluding carboxylic acids is 1. The molecule has 0 spiro atoms. The number of benzene rings is 2. The lowest BCUT2D eigenvalue weighted by molar-refractivity contribution is -0.115. The summed E-state index contributed by atoms with van der Waals surface area (Å²) in [5.74, 6) is -0.453. The maximum atomic E-state index is 13.7. The number of piperidine rings is 1. The average Bonchev–Trinajstić information content (AvgIpc) is 2.55. The molecule has 0 radical (unpaired) electrons. The average molecular weight is 326 g/mol. The van der Waals surface area contributed by atoms with Crippen LogP contribution in [0.4, 0.5) is 15.8 Å². The summed E-state index contributed by atoms with van der Waals surface area (Å²) in [6.07, 6.45) is 3.78. The smallest absolute Gasteiger partial charge is 0.228 e. The summed E-state index contributed by atoms with van der Waals surface area (Å²) in [6.45, 7) is 3.90. The predicted molar refractivity (Wildman–Crippen MR) is 96.0 cm³/mol. The zero-order chi connectivity index (χ0) is 16.9. The van der Waals surface area contributed by atoms with Gasteiger partial charge >= 0.3 is 0 Å². The Labute approximate surface area is 142 Å². The predicted octanol–water partition coefficient (Wildman–Crippen LogP) is 4.31. The minimum Gasteiger partial charge on any atom is -0.370 e. The number of aryl methyl sites for hydroxylation is 1. The number of carbonyl (C=O) groups is 1. The third-order valence-electron chi connectivity index (χ3n) is 4.38. The monoisotopic (exact) mass is 326 g/mol. The highest BCUT2D eigenvalue weighted by Crippen LogP contribution is 2.29. The van der Waals surface area contributed by atoms with Crippen molar-refractivity contribution in [2.75, 3.05) is 23.3 Å². The fourth-order valence-electron chi connectivity index (χ4n) is 3.22. The van der Waals surface area contributed by atoms with Crippen LogP contribution in [0.5, 0.6) is 0 Å². The van der Waals surface area contributed by atoms with Crippen LogP contribution in [0, 0.1) is 12.7 Å². The van der Waals surface area contributed by atoms with Gasteiger partial charge in [0.2, 0.25) is 5.91 Å². The number of anilines is 2. The molecule has 3 rings (SSSR count). The van der Waals surface area contributed by atoms with Crippen molar-refractivity contribution in [3.05, 3.63) is 59.4 Å². The van der Waals surface area contributed by atoms with Crippen molar-refractivity contribution in [1.29, 1.82) is 0 Å². The summed E-state index contributed by atoms with van der Waals surface area (Å²) in [7, 11) is 0. The van der Waals surface area contributed by atoms with Gasteiger partial charge in [-0.2, -0.15) is 0 Å². The third kappa shape index (κ3) is 4.13. The van der Waals surface area contributed by atoms with Gasteiger partial charge in [0.15, 0.2) is 0 Å². The molecule has 2 aromatic carbocycles. The molecular weight excluding hydrogens is 303 g/mol. The van der Waals surface area contributed by atoms with Gasteiger partial charge in [0.05, 0.1) is 17.8 Å². The van der Waals surface area contributed by atoms with Crippen molar-refractivity contribution in [3.8, 4) is 0 Å². The van der Waals surface area contributed by atoms with Gasteiger partial charge in [0.25, 0.3) is 0 Å². The quantitative estimate of drug-likeness (QED) is 0.908. The molecule has 0 atom stereocenters. The minimum absolute atomic E-state index is 0.121. The Hall–Kier alpha value is -2.36. The van der Waals surface area contributed by atoms with E-state index in [9.17, 15) is 9.18 Å². The van der Waals surface area contributed by atoms with E-state index in [1.807, 2.05) is 31.2 Å². The fourth-order valence-corrected chi connectivity index (χ4v) is 3.22. The van der Waals surface area contributed by atoms with Gasteiger partial charge in [0.1, 0.15) is 5.82 Å². The van der Waals surface area contributed by atoms with Crippen molar-refractivity contribution >= 4 is 17.3 Å². The molecule has 0 saturated carbocycles. The summed E-state index contributed by atoms with van der Waals surface area (Å²) < 4.78 is 13.7. The van der Waals surface area contributed by atoms with Crippen LogP contribution in [-0.4, -0.2) is 19.0 Å². The second-order valence-electron chi connectivity index (χ2n) is 6.42. The zero-order valence-corrected chi connectivity index (χ0v) is 14.0. The first-order chi connectivity index (χ1) is 11.6. The van der Waals surface area contributed by atoms with E-state index in [-0.39, 0.29) is 18.1 Å². The first-order valence-corrected chi connectivity index (χ1v) is 8.52. The summed E-state index contributed by atoms with van der Waals surface area (Å²) in [5.41, 5.74) is 3.56. The normalized spacial score (nSPS) is 14.5. The van der Waals surface area contributed by atoms with E-state index < -0.39 is 0 Å². The van der Waals surface area contributed by atoms with Crippen LogP contribution < -0.4 is 10.2 Å². The third-order valence-corrected chi connectivity index (χ3v) is 4.38. The lowest BCUT2D eigenvalue weighted by atomic mass is 10.1.